The molecule has 1 amide bonds. The molecule has 0 aliphatic carbocycles. The van der Waals surface area contributed by atoms with Crippen LogP contribution < -0.4 is 5.32 Å². The van der Waals surface area contributed by atoms with Crippen molar-refractivity contribution in [3.05, 3.63) is 58.3 Å². The number of carbonyl (C=O) groups excluding carboxylic acids is 1. The van der Waals surface area contributed by atoms with Gasteiger partial charge < -0.3 is 5.32 Å². The highest BCUT2D eigenvalue weighted by molar-refractivity contribution is 8.00. The van der Waals surface area contributed by atoms with Crippen molar-refractivity contribution in [3.63, 3.8) is 0 Å². The number of nitrogens with one attached hydrogen (secondary N) is 1. The number of benzene rings is 2. The van der Waals surface area contributed by atoms with E-state index in [2.05, 4.69) is 5.32 Å². The Balaban J connectivity index is 2.06. The summed E-state index contributed by atoms with van der Waals surface area (Å²) in [5.41, 5.74) is 0.159. The molecule has 0 aliphatic heterocycles. The first-order chi connectivity index (χ1) is 9.97. The summed E-state index contributed by atoms with van der Waals surface area (Å²) in [6.07, 6.45) is 0. The van der Waals surface area contributed by atoms with Crippen molar-refractivity contribution in [3.8, 4) is 0 Å². The Morgan fingerprint density at radius 2 is 1.95 bits per heavy atom. The van der Waals surface area contributed by atoms with E-state index < -0.39 is 11.1 Å². The highest BCUT2D eigenvalue weighted by Gasteiger charge is 2.17. The Morgan fingerprint density at radius 3 is 2.67 bits per heavy atom. The molecule has 0 saturated heterocycles. The molecule has 110 valence electrons. The van der Waals surface area contributed by atoms with Crippen LogP contribution in [0.25, 0.3) is 0 Å². The van der Waals surface area contributed by atoms with Gasteiger partial charge in [0, 0.05) is 9.92 Å². The van der Waals surface area contributed by atoms with Gasteiger partial charge in [0.2, 0.25) is 5.91 Å². The average molecular weight is 344 g/mol. The molecule has 2 rings (SSSR count). The fourth-order valence-electron chi connectivity index (χ4n) is 1.61. The number of carbonyl (C=O) groups is 1. The van der Waals surface area contributed by atoms with Crippen LogP contribution in [-0.4, -0.2) is 11.2 Å². The van der Waals surface area contributed by atoms with E-state index in [1.807, 2.05) is 0 Å². The number of anilines is 1. The van der Waals surface area contributed by atoms with Crippen LogP contribution in [-0.2, 0) is 4.79 Å². The zero-order valence-electron chi connectivity index (χ0n) is 11.1. The molecule has 0 radical (unpaired) electrons. The fraction of sp³-hybridized carbons (Fsp3) is 0.133. The van der Waals surface area contributed by atoms with Crippen molar-refractivity contribution in [2.75, 3.05) is 5.32 Å². The topological polar surface area (TPSA) is 29.1 Å². The van der Waals surface area contributed by atoms with Gasteiger partial charge in [0.25, 0.3) is 0 Å². The predicted molar refractivity (Wildman–Crippen MR) is 86.8 cm³/mol. The molecule has 1 N–H and O–H groups in total. The lowest BCUT2D eigenvalue weighted by Crippen LogP contribution is -2.22. The minimum Gasteiger partial charge on any atom is -0.323 e. The molecule has 1 unspecified atom stereocenters. The normalized spacial score (nSPS) is 12.0. The maximum absolute atomic E-state index is 13.5. The number of hydrogen-bond acceptors (Lipinski definition) is 2. The second-order valence-electron chi connectivity index (χ2n) is 4.30. The molecule has 6 heteroatoms. The van der Waals surface area contributed by atoms with E-state index in [4.69, 9.17) is 23.2 Å². The molecule has 2 nitrogen and oxygen atoms in total. The lowest BCUT2D eigenvalue weighted by atomic mass is 10.3. The zero-order valence-corrected chi connectivity index (χ0v) is 13.4. The largest absolute Gasteiger partial charge is 0.323 e. The van der Waals surface area contributed by atoms with Crippen LogP contribution in [0, 0.1) is 5.82 Å². The lowest BCUT2D eigenvalue weighted by Gasteiger charge is -2.13. The van der Waals surface area contributed by atoms with Crippen LogP contribution in [0.3, 0.4) is 0 Å². The van der Waals surface area contributed by atoms with Crippen LogP contribution >= 0.6 is 35.0 Å². The molecule has 0 fully saturated rings. The van der Waals surface area contributed by atoms with E-state index in [0.717, 1.165) is 0 Å². The Hall–Kier alpha value is -1.23. The van der Waals surface area contributed by atoms with Crippen molar-refractivity contribution in [1.82, 2.24) is 0 Å². The van der Waals surface area contributed by atoms with Crippen molar-refractivity contribution < 1.29 is 9.18 Å². The van der Waals surface area contributed by atoms with Gasteiger partial charge in [-0.1, -0.05) is 35.3 Å². The SMILES string of the molecule is CC(Sc1cc(Cl)ccc1Cl)C(=O)Nc1ccccc1F. The summed E-state index contributed by atoms with van der Waals surface area (Å²) in [6.45, 7) is 1.72. The molecule has 0 bridgehead atoms. The van der Waals surface area contributed by atoms with Crippen LogP contribution in [0.15, 0.2) is 47.4 Å². The highest BCUT2D eigenvalue weighted by Crippen LogP contribution is 2.33. The molecule has 0 heterocycles. The quantitative estimate of drug-likeness (QED) is 0.768. The average Bonchev–Trinajstić information content (AvgIpc) is 2.45. The lowest BCUT2D eigenvalue weighted by molar-refractivity contribution is -0.115. The summed E-state index contributed by atoms with van der Waals surface area (Å²) >= 11 is 13.2. The van der Waals surface area contributed by atoms with Gasteiger partial charge in [-0.05, 0) is 37.3 Å². The molecule has 0 spiro atoms. The Bertz CT molecular complexity index is 666. The van der Waals surface area contributed by atoms with E-state index in [-0.39, 0.29) is 11.6 Å². The minimum absolute atomic E-state index is 0.159. The number of hydrogen-bond donors (Lipinski definition) is 1. The molecule has 0 aliphatic rings. The van der Waals surface area contributed by atoms with Crippen LogP contribution in [0.4, 0.5) is 10.1 Å². The van der Waals surface area contributed by atoms with Crippen LogP contribution in [0.5, 0.6) is 0 Å². The van der Waals surface area contributed by atoms with Gasteiger partial charge in [0.15, 0.2) is 0 Å². The second kappa shape index (κ2) is 7.16. The Labute approximate surface area is 136 Å². The summed E-state index contributed by atoms with van der Waals surface area (Å²) in [4.78, 5) is 12.8. The van der Waals surface area contributed by atoms with Gasteiger partial charge >= 0.3 is 0 Å². The molecule has 0 saturated carbocycles. The van der Waals surface area contributed by atoms with Gasteiger partial charge in [-0.15, -0.1) is 11.8 Å². The maximum atomic E-state index is 13.5. The first-order valence-electron chi connectivity index (χ1n) is 6.14. The van der Waals surface area contributed by atoms with E-state index in [9.17, 15) is 9.18 Å². The number of amides is 1. The third-order valence-electron chi connectivity index (χ3n) is 2.70. The number of para-hydroxylation sites is 1. The van der Waals surface area contributed by atoms with E-state index in [1.54, 1.807) is 37.3 Å². The van der Waals surface area contributed by atoms with Crippen LogP contribution in [0.2, 0.25) is 10.0 Å². The Morgan fingerprint density at radius 1 is 1.24 bits per heavy atom. The van der Waals surface area contributed by atoms with Crippen molar-refractivity contribution in [1.29, 1.82) is 0 Å². The number of thioether (sulfide) groups is 1. The van der Waals surface area contributed by atoms with Crippen molar-refractivity contribution in [2.45, 2.75) is 17.1 Å². The van der Waals surface area contributed by atoms with E-state index in [1.165, 1.54) is 23.9 Å². The summed E-state index contributed by atoms with van der Waals surface area (Å²) in [5, 5.41) is 3.18. The first-order valence-corrected chi connectivity index (χ1v) is 7.78. The third kappa shape index (κ3) is 4.37. The zero-order chi connectivity index (χ0) is 15.4. The first kappa shape index (κ1) is 16.1. The van der Waals surface area contributed by atoms with Gasteiger partial charge in [0.1, 0.15) is 5.82 Å². The standard InChI is InChI=1S/C15H12Cl2FNOS/c1-9(21-14-8-10(16)6-7-11(14)17)15(20)19-13-5-3-2-4-12(13)18/h2-9H,1H3,(H,19,20). The second-order valence-corrected chi connectivity index (χ2v) is 6.53. The summed E-state index contributed by atoms with van der Waals surface area (Å²) in [5.74, 6) is -0.773. The molecule has 1 atom stereocenters. The molecule has 0 aromatic heterocycles. The van der Waals surface area contributed by atoms with Gasteiger partial charge in [-0.2, -0.15) is 0 Å². The molecule has 2 aromatic carbocycles. The maximum Gasteiger partial charge on any atom is 0.237 e. The third-order valence-corrected chi connectivity index (χ3v) is 4.53. The van der Waals surface area contributed by atoms with E-state index >= 15 is 0 Å². The molecule has 2 aromatic rings. The number of rotatable bonds is 4. The van der Waals surface area contributed by atoms with Gasteiger partial charge in [-0.25, -0.2) is 4.39 Å². The highest BCUT2D eigenvalue weighted by atomic mass is 35.5. The smallest absolute Gasteiger partial charge is 0.237 e. The predicted octanol–water partition coefficient (Wildman–Crippen LogP) is 5.25. The van der Waals surface area contributed by atoms with Gasteiger partial charge in [-0.3, -0.25) is 4.79 Å². The minimum atomic E-state index is -0.469. The monoisotopic (exact) mass is 343 g/mol. The van der Waals surface area contributed by atoms with Crippen molar-refractivity contribution in [2.24, 2.45) is 0 Å². The van der Waals surface area contributed by atoms with Crippen LogP contribution in [0.1, 0.15) is 6.92 Å². The summed E-state index contributed by atoms with van der Waals surface area (Å²) in [6, 6.07) is 11.1. The fourth-order valence-corrected chi connectivity index (χ4v) is 3.02. The van der Waals surface area contributed by atoms with Gasteiger partial charge in [0.05, 0.1) is 16.0 Å². The molecule has 21 heavy (non-hydrogen) atoms. The molecular weight excluding hydrogens is 332 g/mol. The number of halogens is 3. The molecular formula is C15H12Cl2FNOS. The summed E-state index contributed by atoms with van der Waals surface area (Å²) < 4.78 is 13.5. The van der Waals surface area contributed by atoms with Crippen molar-refractivity contribution >= 4 is 46.6 Å². The Kier molecular flexibility index (Phi) is 5.51. The van der Waals surface area contributed by atoms with E-state index in [0.29, 0.717) is 14.9 Å². The summed E-state index contributed by atoms with van der Waals surface area (Å²) in [7, 11) is 0.